The van der Waals surface area contributed by atoms with Crippen molar-refractivity contribution >= 4 is 12.1 Å². The molecule has 7 heteroatoms. The Morgan fingerprint density at radius 3 is 2.28 bits per heavy atom. The Morgan fingerprint density at radius 2 is 1.79 bits per heavy atom. The van der Waals surface area contributed by atoms with Crippen LogP contribution in [0.5, 0.6) is 0 Å². The number of nitrogens with zero attached hydrogens (tertiary/aromatic N) is 1. The van der Waals surface area contributed by atoms with Crippen molar-refractivity contribution in [2.24, 2.45) is 5.92 Å². The molecule has 0 fully saturated rings. The summed E-state index contributed by atoms with van der Waals surface area (Å²) in [7, 11) is 1.32. The number of rotatable bonds is 9. The van der Waals surface area contributed by atoms with E-state index in [9.17, 15) is 14.9 Å². The molecule has 3 atom stereocenters. The van der Waals surface area contributed by atoms with Crippen molar-refractivity contribution in [3.63, 3.8) is 0 Å². The Hall–Kier alpha value is -2.59. The number of carbonyl (C=O) groups is 2. The smallest absolute Gasteiger partial charge is 0.407 e. The zero-order valence-corrected chi connectivity index (χ0v) is 18.2. The maximum atomic E-state index is 12.4. The molecule has 0 aliphatic carbocycles. The molecule has 0 saturated heterocycles. The van der Waals surface area contributed by atoms with Crippen LogP contribution in [0.25, 0.3) is 0 Å². The van der Waals surface area contributed by atoms with Gasteiger partial charge in [0.15, 0.2) is 0 Å². The van der Waals surface area contributed by atoms with E-state index < -0.39 is 35.8 Å². The molecule has 2 N–H and O–H groups in total. The molecular weight excluding hydrogens is 370 g/mol. The Morgan fingerprint density at radius 1 is 1.17 bits per heavy atom. The third kappa shape index (κ3) is 9.44. The maximum Gasteiger partial charge on any atom is 0.407 e. The van der Waals surface area contributed by atoms with Crippen LogP contribution < -0.4 is 10.6 Å². The number of hydrogen-bond donors (Lipinski definition) is 2. The van der Waals surface area contributed by atoms with E-state index in [1.54, 1.807) is 20.8 Å². The van der Waals surface area contributed by atoms with E-state index in [2.05, 4.69) is 16.7 Å². The van der Waals surface area contributed by atoms with Crippen molar-refractivity contribution in [1.29, 1.82) is 5.26 Å². The van der Waals surface area contributed by atoms with E-state index in [-0.39, 0.29) is 5.92 Å². The summed E-state index contributed by atoms with van der Waals surface area (Å²) in [6.07, 6.45) is 0.301. The van der Waals surface area contributed by atoms with Crippen LogP contribution in [-0.4, -0.2) is 42.9 Å². The minimum Gasteiger partial charge on any atom is -0.468 e. The molecule has 29 heavy (non-hydrogen) atoms. The summed E-state index contributed by atoms with van der Waals surface area (Å²) in [5, 5.41) is 15.7. The molecule has 0 aliphatic rings. The van der Waals surface area contributed by atoms with Crippen molar-refractivity contribution in [1.82, 2.24) is 10.6 Å². The van der Waals surface area contributed by atoms with Gasteiger partial charge in [0, 0.05) is 0 Å². The first-order valence-corrected chi connectivity index (χ1v) is 9.82. The van der Waals surface area contributed by atoms with Crippen LogP contribution in [0.4, 0.5) is 4.79 Å². The van der Waals surface area contributed by atoms with Gasteiger partial charge in [-0.1, -0.05) is 44.2 Å². The average Bonchev–Trinajstić information content (AvgIpc) is 2.63. The third-order valence-corrected chi connectivity index (χ3v) is 4.12. The molecule has 0 unspecified atom stereocenters. The maximum absolute atomic E-state index is 12.4. The molecular formula is C22H33N3O4. The van der Waals surface area contributed by atoms with Gasteiger partial charge in [-0.25, -0.2) is 4.79 Å². The molecule has 7 nitrogen and oxygen atoms in total. The summed E-state index contributed by atoms with van der Waals surface area (Å²) in [6.45, 7) is 9.29. The quantitative estimate of drug-likeness (QED) is 0.614. The fraction of sp³-hybridized carbons (Fsp3) is 0.591. The van der Waals surface area contributed by atoms with Crippen LogP contribution in [0.15, 0.2) is 30.3 Å². The summed E-state index contributed by atoms with van der Waals surface area (Å²) < 4.78 is 10.2. The summed E-state index contributed by atoms with van der Waals surface area (Å²) in [5.41, 5.74) is 0.289. The van der Waals surface area contributed by atoms with Gasteiger partial charge in [-0.15, -0.1) is 0 Å². The molecule has 160 valence electrons. The Labute approximate surface area is 173 Å². The number of ether oxygens (including phenoxy) is 2. The topological polar surface area (TPSA) is 100 Å². The monoisotopic (exact) mass is 403 g/mol. The second-order valence-corrected chi connectivity index (χ2v) is 8.42. The van der Waals surface area contributed by atoms with Crippen LogP contribution in [0.1, 0.15) is 46.6 Å². The molecule has 1 rings (SSSR count). The normalized spacial score (nSPS) is 14.4. The second-order valence-electron chi connectivity index (χ2n) is 8.42. The van der Waals surface area contributed by atoms with Crippen molar-refractivity contribution in [3.8, 4) is 6.07 Å². The fourth-order valence-corrected chi connectivity index (χ4v) is 2.89. The lowest BCUT2D eigenvalue weighted by molar-refractivity contribution is -0.143. The number of methoxy groups -OCH3 is 1. The molecule has 0 aliphatic heterocycles. The van der Waals surface area contributed by atoms with E-state index in [1.165, 1.54) is 7.11 Å². The first-order chi connectivity index (χ1) is 13.6. The molecule has 0 bridgehead atoms. The van der Waals surface area contributed by atoms with E-state index in [4.69, 9.17) is 9.47 Å². The number of nitrogens with one attached hydrogen (secondary N) is 2. The SMILES string of the molecule is COC(=O)[C@@H](CC(C)C)N[C@@H](C#N)[C@H](Cc1ccccc1)NC(=O)OC(C)(C)C. The largest absolute Gasteiger partial charge is 0.468 e. The van der Waals surface area contributed by atoms with E-state index in [1.807, 2.05) is 44.2 Å². The summed E-state index contributed by atoms with van der Waals surface area (Å²) >= 11 is 0. The number of benzene rings is 1. The van der Waals surface area contributed by atoms with Crippen LogP contribution >= 0.6 is 0 Å². The minimum atomic E-state index is -0.814. The Balaban J connectivity index is 3.06. The van der Waals surface area contributed by atoms with Gasteiger partial charge in [0.1, 0.15) is 17.7 Å². The number of esters is 1. The molecule has 1 amide bonds. The lowest BCUT2D eigenvalue weighted by Crippen LogP contribution is -2.55. The van der Waals surface area contributed by atoms with Gasteiger partial charge in [0.25, 0.3) is 0 Å². The summed E-state index contributed by atoms with van der Waals surface area (Å²) in [4.78, 5) is 24.6. The van der Waals surface area contributed by atoms with Crippen molar-refractivity contribution in [2.45, 2.75) is 71.2 Å². The zero-order chi connectivity index (χ0) is 22.0. The lowest BCUT2D eigenvalue weighted by Gasteiger charge is -2.29. The molecule has 0 spiro atoms. The van der Waals surface area contributed by atoms with Gasteiger partial charge < -0.3 is 14.8 Å². The molecule has 1 aromatic carbocycles. The molecule has 1 aromatic rings. The Bertz CT molecular complexity index is 692. The third-order valence-electron chi connectivity index (χ3n) is 4.12. The van der Waals surface area contributed by atoms with Crippen LogP contribution in [0, 0.1) is 17.2 Å². The van der Waals surface area contributed by atoms with Gasteiger partial charge in [-0.2, -0.15) is 5.26 Å². The van der Waals surface area contributed by atoms with Crippen molar-refractivity contribution in [2.75, 3.05) is 7.11 Å². The predicted octanol–water partition coefficient (Wildman–Crippen LogP) is 3.19. The fourth-order valence-electron chi connectivity index (χ4n) is 2.89. The minimum absolute atomic E-state index is 0.220. The van der Waals surface area contributed by atoms with E-state index in [0.29, 0.717) is 12.8 Å². The summed E-state index contributed by atoms with van der Waals surface area (Å²) in [6, 6.07) is 9.65. The zero-order valence-electron chi connectivity index (χ0n) is 18.2. The first kappa shape index (κ1) is 24.4. The van der Waals surface area contributed by atoms with Crippen LogP contribution in [0.2, 0.25) is 0 Å². The molecule has 0 heterocycles. The van der Waals surface area contributed by atoms with E-state index in [0.717, 1.165) is 5.56 Å². The number of hydrogen-bond acceptors (Lipinski definition) is 6. The molecule has 0 radical (unpaired) electrons. The van der Waals surface area contributed by atoms with Gasteiger partial charge in [0.05, 0.1) is 19.2 Å². The molecule has 0 saturated carbocycles. The number of carbonyl (C=O) groups excluding carboxylic acids is 2. The number of alkyl carbamates (subject to hydrolysis) is 1. The van der Waals surface area contributed by atoms with Crippen molar-refractivity contribution < 1.29 is 19.1 Å². The van der Waals surface area contributed by atoms with Crippen molar-refractivity contribution in [3.05, 3.63) is 35.9 Å². The van der Waals surface area contributed by atoms with Crippen LogP contribution in [0.3, 0.4) is 0 Å². The van der Waals surface area contributed by atoms with E-state index >= 15 is 0 Å². The second kappa shape index (κ2) is 11.4. The lowest BCUT2D eigenvalue weighted by atomic mass is 9.97. The predicted molar refractivity (Wildman–Crippen MR) is 111 cm³/mol. The van der Waals surface area contributed by atoms with Gasteiger partial charge in [-0.05, 0) is 45.1 Å². The number of amides is 1. The summed E-state index contributed by atoms with van der Waals surface area (Å²) in [5.74, 6) is -0.216. The number of nitriles is 1. The highest BCUT2D eigenvalue weighted by Gasteiger charge is 2.31. The first-order valence-electron chi connectivity index (χ1n) is 9.82. The van der Waals surface area contributed by atoms with Gasteiger partial charge in [0.2, 0.25) is 0 Å². The van der Waals surface area contributed by atoms with Crippen LogP contribution in [-0.2, 0) is 20.7 Å². The standard InChI is InChI=1S/C22H33N3O4/c1-15(2)12-18(20(26)28-6)24-19(14-23)17(13-16-10-8-7-9-11-16)25-21(27)29-22(3,4)5/h7-11,15,17-19,24H,12-13H2,1-6H3,(H,25,27)/t17-,18+,19-/m0/s1. The Kier molecular flexibility index (Phi) is 9.63. The highest BCUT2D eigenvalue weighted by Crippen LogP contribution is 2.13. The van der Waals surface area contributed by atoms with Gasteiger partial charge in [-0.3, -0.25) is 10.1 Å². The highest BCUT2D eigenvalue weighted by molar-refractivity contribution is 5.75. The highest BCUT2D eigenvalue weighted by atomic mass is 16.6. The van der Waals surface area contributed by atoms with Gasteiger partial charge >= 0.3 is 12.1 Å². The average molecular weight is 404 g/mol. The molecule has 0 aromatic heterocycles.